The Balaban J connectivity index is 0.00000140. The molecule has 8 heteroatoms. The van der Waals surface area contributed by atoms with Crippen molar-refractivity contribution in [2.75, 3.05) is 13.1 Å². The van der Waals surface area contributed by atoms with Crippen molar-refractivity contribution in [2.24, 2.45) is 7.05 Å². The molecule has 28 heavy (non-hydrogen) atoms. The first-order valence-corrected chi connectivity index (χ1v) is 9.05. The minimum Gasteiger partial charge on any atom is -0.350 e. The molecule has 1 aromatic carbocycles. The van der Waals surface area contributed by atoms with E-state index in [1.54, 1.807) is 4.68 Å². The number of fused-ring (bicyclic) bond motifs is 1. The van der Waals surface area contributed by atoms with Gasteiger partial charge in [-0.1, -0.05) is 30.3 Å². The zero-order valence-electron chi connectivity index (χ0n) is 15.9. The summed E-state index contributed by atoms with van der Waals surface area (Å²) >= 11 is 0. The van der Waals surface area contributed by atoms with Crippen molar-refractivity contribution >= 4 is 41.8 Å². The summed E-state index contributed by atoms with van der Waals surface area (Å²) in [6.45, 7) is 3.59. The first-order valence-electron chi connectivity index (χ1n) is 9.05. The monoisotopic (exact) mass is 421 g/mol. The fourth-order valence-corrected chi connectivity index (χ4v) is 3.62. The maximum atomic E-state index is 13.0. The van der Waals surface area contributed by atoms with Gasteiger partial charge >= 0.3 is 0 Å². The van der Waals surface area contributed by atoms with E-state index in [2.05, 4.69) is 15.7 Å². The zero-order valence-corrected chi connectivity index (χ0v) is 17.6. The number of rotatable bonds is 4. The van der Waals surface area contributed by atoms with E-state index in [9.17, 15) is 4.79 Å². The lowest BCUT2D eigenvalue weighted by molar-refractivity contribution is 0.0952. The van der Waals surface area contributed by atoms with E-state index >= 15 is 0 Å². The third kappa shape index (κ3) is 4.29. The second kappa shape index (κ2) is 9.37. The third-order valence-electron chi connectivity index (χ3n) is 4.95. The normalized spacial score (nSPS) is 15.7. The van der Waals surface area contributed by atoms with Crippen molar-refractivity contribution in [3.8, 4) is 11.3 Å². The number of aryl methyl sites for hydroxylation is 2. The van der Waals surface area contributed by atoms with Gasteiger partial charge in [-0.15, -0.1) is 24.8 Å². The Hall–Kier alpha value is -2.15. The van der Waals surface area contributed by atoms with Crippen molar-refractivity contribution < 1.29 is 4.79 Å². The van der Waals surface area contributed by atoms with E-state index in [-0.39, 0.29) is 30.7 Å². The first kappa shape index (κ1) is 22.1. The molecule has 0 radical (unpaired) electrons. The summed E-state index contributed by atoms with van der Waals surface area (Å²) in [7, 11) is 1.86. The SMILES string of the molecule is Cc1nn(C)c2nc(-c3ccccc3)cc(C(=O)NCC3CCCN3)c12.Cl.Cl. The summed E-state index contributed by atoms with van der Waals surface area (Å²) in [6, 6.07) is 12.2. The van der Waals surface area contributed by atoms with Crippen LogP contribution in [0.15, 0.2) is 36.4 Å². The molecule has 2 aromatic heterocycles. The van der Waals surface area contributed by atoms with Crippen LogP contribution in [0.5, 0.6) is 0 Å². The van der Waals surface area contributed by atoms with E-state index < -0.39 is 0 Å². The maximum absolute atomic E-state index is 13.0. The van der Waals surface area contributed by atoms with Gasteiger partial charge in [-0.3, -0.25) is 9.48 Å². The van der Waals surface area contributed by atoms with Gasteiger partial charge in [0.05, 0.1) is 22.3 Å². The van der Waals surface area contributed by atoms with Crippen LogP contribution < -0.4 is 10.6 Å². The number of pyridine rings is 1. The number of carbonyl (C=O) groups excluding carboxylic acids is 1. The first-order chi connectivity index (χ1) is 12.6. The number of carbonyl (C=O) groups is 1. The second-order valence-electron chi connectivity index (χ2n) is 6.83. The smallest absolute Gasteiger partial charge is 0.252 e. The fraction of sp³-hybridized carbons (Fsp3) is 0.350. The number of aromatic nitrogens is 3. The Labute approximate surface area is 176 Å². The highest BCUT2D eigenvalue weighted by atomic mass is 35.5. The summed E-state index contributed by atoms with van der Waals surface area (Å²) in [6.07, 6.45) is 2.27. The van der Waals surface area contributed by atoms with E-state index in [0.29, 0.717) is 18.2 Å². The Morgan fingerprint density at radius 1 is 1.29 bits per heavy atom. The van der Waals surface area contributed by atoms with Crippen LogP contribution in [0.25, 0.3) is 22.3 Å². The molecule has 0 spiro atoms. The number of benzene rings is 1. The minimum absolute atomic E-state index is 0. The number of hydrogen-bond acceptors (Lipinski definition) is 4. The average molecular weight is 422 g/mol. The van der Waals surface area contributed by atoms with Gasteiger partial charge in [0.25, 0.3) is 5.91 Å². The van der Waals surface area contributed by atoms with Gasteiger partial charge in [-0.05, 0) is 32.4 Å². The molecule has 1 amide bonds. The highest BCUT2D eigenvalue weighted by Crippen LogP contribution is 2.26. The van der Waals surface area contributed by atoms with E-state index in [0.717, 1.165) is 41.0 Å². The lowest BCUT2D eigenvalue weighted by atomic mass is 10.0. The van der Waals surface area contributed by atoms with Crippen molar-refractivity contribution in [2.45, 2.75) is 25.8 Å². The molecule has 1 saturated heterocycles. The highest BCUT2D eigenvalue weighted by Gasteiger charge is 2.21. The Kier molecular flexibility index (Phi) is 7.41. The molecule has 4 rings (SSSR count). The van der Waals surface area contributed by atoms with Gasteiger partial charge in [0.15, 0.2) is 5.65 Å². The van der Waals surface area contributed by atoms with Crippen molar-refractivity contribution in [1.82, 2.24) is 25.4 Å². The van der Waals surface area contributed by atoms with Crippen LogP contribution in [-0.4, -0.2) is 39.8 Å². The summed E-state index contributed by atoms with van der Waals surface area (Å²) in [5.41, 5.74) is 3.95. The van der Waals surface area contributed by atoms with Crippen LogP contribution in [0, 0.1) is 6.92 Å². The molecular weight excluding hydrogens is 397 g/mol. The van der Waals surface area contributed by atoms with Crippen molar-refractivity contribution in [3.05, 3.63) is 47.7 Å². The molecular formula is C20H25Cl2N5O. The van der Waals surface area contributed by atoms with E-state index in [1.807, 2.05) is 50.4 Å². The van der Waals surface area contributed by atoms with Gasteiger partial charge in [0.1, 0.15) is 0 Å². The third-order valence-corrected chi connectivity index (χ3v) is 4.95. The van der Waals surface area contributed by atoms with Crippen LogP contribution in [0.3, 0.4) is 0 Å². The molecule has 0 saturated carbocycles. The molecule has 6 nitrogen and oxygen atoms in total. The Morgan fingerprint density at radius 2 is 2.04 bits per heavy atom. The van der Waals surface area contributed by atoms with E-state index in [1.165, 1.54) is 6.42 Å². The topological polar surface area (TPSA) is 71.8 Å². The number of nitrogens with zero attached hydrogens (tertiary/aromatic N) is 3. The molecule has 1 fully saturated rings. The quantitative estimate of drug-likeness (QED) is 0.677. The van der Waals surface area contributed by atoms with Crippen molar-refractivity contribution in [3.63, 3.8) is 0 Å². The van der Waals surface area contributed by atoms with Crippen LogP contribution in [0.4, 0.5) is 0 Å². The van der Waals surface area contributed by atoms with Crippen LogP contribution >= 0.6 is 24.8 Å². The summed E-state index contributed by atoms with van der Waals surface area (Å²) in [4.78, 5) is 17.7. The second-order valence-corrected chi connectivity index (χ2v) is 6.83. The summed E-state index contributed by atoms with van der Waals surface area (Å²) in [5, 5.41) is 11.8. The molecule has 0 bridgehead atoms. The standard InChI is InChI=1S/C20H23N5O.2ClH/c1-13-18-16(20(26)22-12-15-9-6-10-21-15)11-17(14-7-4-3-5-8-14)23-19(18)25(2)24-13;;/h3-5,7-8,11,15,21H,6,9-10,12H2,1-2H3,(H,22,26);2*1H. The van der Waals surface area contributed by atoms with Gasteiger partial charge in [0, 0.05) is 25.2 Å². The van der Waals surface area contributed by atoms with Gasteiger partial charge in [-0.25, -0.2) is 4.98 Å². The minimum atomic E-state index is -0.0700. The largest absolute Gasteiger partial charge is 0.350 e. The van der Waals surface area contributed by atoms with Crippen LogP contribution in [0.2, 0.25) is 0 Å². The van der Waals surface area contributed by atoms with Crippen LogP contribution in [0.1, 0.15) is 28.9 Å². The summed E-state index contributed by atoms with van der Waals surface area (Å²) in [5.74, 6) is -0.0700. The van der Waals surface area contributed by atoms with E-state index in [4.69, 9.17) is 4.98 Å². The van der Waals surface area contributed by atoms with Crippen LogP contribution in [-0.2, 0) is 7.05 Å². The maximum Gasteiger partial charge on any atom is 0.252 e. The lowest BCUT2D eigenvalue weighted by Gasteiger charge is -2.13. The molecule has 1 aliphatic heterocycles. The molecule has 3 heterocycles. The average Bonchev–Trinajstić information content (AvgIpc) is 3.28. The number of amides is 1. The highest BCUT2D eigenvalue weighted by molar-refractivity contribution is 6.07. The van der Waals surface area contributed by atoms with Gasteiger partial charge in [-0.2, -0.15) is 5.10 Å². The van der Waals surface area contributed by atoms with Gasteiger partial charge < -0.3 is 10.6 Å². The fourth-order valence-electron chi connectivity index (χ4n) is 3.62. The van der Waals surface area contributed by atoms with Crippen molar-refractivity contribution in [1.29, 1.82) is 0 Å². The predicted octanol–water partition coefficient (Wildman–Crippen LogP) is 3.27. The van der Waals surface area contributed by atoms with Gasteiger partial charge in [0.2, 0.25) is 0 Å². The molecule has 0 aliphatic carbocycles. The lowest BCUT2D eigenvalue weighted by Crippen LogP contribution is -2.37. The molecule has 1 unspecified atom stereocenters. The molecule has 1 aliphatic rings. The summed E-state index contributed by atoms with van der Waals surface area (Å²) < 4.78 is 1.74. The molecule has 1 atom stereocenters. The Bertz CT molecular complexity index is 952. The molecule has 150 valence electrons. The number of halogens is 2. The number of nitrogens with one attached hydrogen (secondary N) is 2. The number of hydrogen-bond donors (Lipinski definition) is 2. The molecule has 2 N–H and O–H groups in total. The Morgan fingerprint density at radius 3 is 2.71 bits per heavy atom. The molecule has 3 aromatic rings. The zero-order chi connectivity index (χ0) is 18.1. The predicted molar refractivity (Wildman–Crippen MR) is 117 cm³/mol.